The highest BCUT2D eigenvalue weighted by Gasteiger charge is 2.27. The van der Waals surface area contributed by atoms with Crippen LogP contribution in [0.3, 0.4) is 0 Å². The second kappa shape index (κ2) is 7.78. The van der Waals surface area contributed by atoms with Gasteiger partial charge >= 0.3 is 0 Å². The topological polar surface area (TPSA) is 54.3 Å². The standard InChI is InChI=1S/C22H29N5OS/c1-14(2)17-7-6-8-19-20(17)23-22(29-19)26-11-9-25(10-12-26)21(28)18-13-16(5)24-27(18)15(3)4/h6-8,13-15H,9-12H2,1-5H3. The molecule has 1 aliphatic rings. The van der Waals surface area contributed by atoms with Crippen LogP contribution in [-0.2, 0) is 0 Å². The lowest BCUT2D eigenvalue weighted by atomic mass is 10.0. The van der Waals surface area contributed by atoms with Crippen molar-refractivity contribution >= 4 is 32.6 Å². The second-order valence-electron chi connectivity index (χ2n) is 8.33. The Bertz CT molecular complexity index is 1030. The van der Waals surface area contributed by atoms with E-state index in [1.807, 2.05) is 22.6 Å². The first-order chi connectivity index (χ1) is 13.8. The lowest BCUT2D eigenvalue weighted by Crippen LogP contribution is -2.49. The minimum absolute atomic E-state index is 0.0744. The average molecular weight is 412 g/mol. The number of para-hydroxylation sites is 1. The third-order valence-electron chi connectivity index (χ3n) is 5.46. The summed E-state index contributed by atoms with van der Waals surface area (Å²) in [7, 11) is 0. The van der Waals surface area contributed by atoms with Crippen LogP contribution in [0.25, 0.3) is 10.2 Å². The summed E-state index contributed by atoms with van der Waals surface area (Å²) in [4.78, 5) is 22.3. The molecular formula is C22H29N5OS. The summed E-state index contributed by atoms with van der Waals surface area (Å²) in [5.74, 6) is 0.530. The lowest BCUT2D eigenvalue weighted by molar-refractivity contribution is 0.0732. The van der Waals surface area contributed by atoms with Gasteiger partial charge in [-0.15, -0.1) is 0 Å². The summed E-state index contributed by atoms with van der Waals surface area (Å²) in [5, 5.41) is 5.54. The van der Waals surface area contributed by atoms with E-state index in [4.69, 9.17) is 4.98 Å². The van der Waals surface area contributed by atoms with Gasteiger partial charge in [-0.3, -0.25) is 9.48 Å². The van der Waals surface area contributed by atoms with Gasteiger partial charge in [0.2, 0.25) is 0 Å². The van der Waals surface area contributed by atoms with Gasteiger partial charge in [-0.05, 0) is 44.4 Å². The number of carbonyl (C=O) groups excluding carboxylic acids is 1. The SMILES string of the molecule is Cc1cc(C(=O)N2CCN(c3nc4c(C(C)C)cccc4s3)CC2)n(C(C)C)n1. The Morgan fingerprint density at radius 3 is 2.48 bits per heavy atom. The van der Waals surface area contributed by atoms with Crippen molar-refractivity contribution in [1.29, 1.82) is 0 Å². The number of thiazole rings is 1. The molecule has 4 rings (SSSR count). The zero-order chi connectivity index (χ0) is 20.7. The summed E-state index contributed by atoms with van der Waals surface area (Å²) in [6, 6.07) is 8.51. The summed E-state index contributed by atoms with van der Waals surface area (Å²) in [6.45, 7) is 13.5. The van der Waals surface area contributed by atoms with Crippen molar-refractivity contribution in [2.24, 2.45) is 0 Å². The maximum absolute atomic E-state index is 13.1. The molecule has 0 bridgehead atoms. The highest BCUT2D eigenvalue weighted by atomic mass is 32.1. The van der Waals surface area contributed by atoms with Crippen molar-refractivity contribution in [3.8, 4) is 0 Å². The quantitative estimate of drug-likeness (QED) is 0.636. The van der Waals surface area contributed by atoms with E-state index in [9.17, 15) is 4.79 Å². The highest BCUT2D eigenvalue weighted by molar-refractivity contribution is 7.22. The maximum atomic E-state index is 13.1. The van der Waals surface area contributed by atoms with Gasteiger partial charge in [-0.25, -0.2) is 4.98 Å². The molecule has 1 aliphatic heterocycles. The summed E-state index contributed by atoms with van der Waals surface area (Å²) in [6.07, 6.45) is 0. The van der Waals surface area contributed by atoms with Gasteiger partial charge in [0, 0.05) is 32.2 Å². The maximum Gasteiger partial charge on any atom is 0.272 e. The number of aryl methyl sites for hydroxylation is 1. The summed E-state index contributed by atoms with van der Waals surface area (Å²) in [5.41, 5.74) is 4.00. The molecule has 1 amide bonds. The predicted molar refractivity (Wildman–Crippen MR) is 119 cm³/mol. The van der Waals surface area contributed by atoms with Crippen LogP contribution in [0.15, 0.2) is 24.3 Å². The first-order valence-electron chi connectivity index (χ1n) is 10.3. The molecule has 0 aliphatic carbocycles. The van der Waals surface area contributed by atoms with Gasteiger partial charge in [0.25, 0.3) is 5.91 Å². The largest absolute Gasteiger partial charge is 0.345 e. The smallest absolute Gasteiger partial charge is 0.272 e. The molecule has 0 saturated carbocycles. The number of hydrogen-bond acceptors (Lipinski definition) is 5. The van der Waals surface area contributed by atoms with Gasteiger partial charge in [0.1, 0.15) is 5.69 Å². The van der Waals surface area contributed by atoms with Crippen LogP contribution >= 0.6 is 11.3 Å². The van der Waals surface area contributed by atoms with Crippen molar-refractivity contribution < 1.29 is 4.79 Å². The zero-order valence-electron chi connectivity index (χ0n) is 17.8. The number of aromatic nitrogens is 3. The third-order valence-corrected chi connectivity index (χ3v) is 6.55. The molecule has 29 heavy (non-hydrogen) atoms. The van der Waals surface area contributed by atoms with Crippen LogP contribution in [-0.4, -0.2) is 51.8 Å². The Balaban J connectivity index is 1.49. The van der Waals surface area contributed by atoms with Crippen molar-refractivity contribution in [3.63, 3.8) is 0 Å². The molecule has 2 aromatic heterocycles. The highest BCUT2D eigenvalue weighted by Crippen LogP contribution is 2.33. The molecular weight excluding hydrogens is 382 g/mol. The predicted octanol–water partition coefficient (Wildman–Crippen LogP) is 4.47. The molecule has 1 fully saturated rings. The molecule has 0 unspecified atom stereocenters. The molecule has 0 radical (unpaired) electrons. The first kappa shape index (κ1) is 19.9. The normalized spacial score (nSPS) is 15.1. The van der Waals surface area contributed by atoms with Crippen LogP contribution < -0.4 is 4.90 Å². The number of benzene rings is 1. The second-order valence-corrected chi connectivity index (χ2v) is 9.34. The van der Waals surface area contributed by atoms with Crippen LogP contribution in [0.5, 0.6) is 0 Å². The van der Waals surface area contributed by atoms with Gasteiger partial charge in [0.15, 0.2) is 5.13 Å². The average Bonchev–Trinajstić information content (AvgIpc) is 3.30. The van der Waals surface area contributed by atoms with Crippen LogP contribution in [0.1, 0.15) is 61.4 Å². The fourth-order valence-electron chi connectivity index (χ4n) is 3.89. The molecule has 154 valence electrons. The first-order valence-corrected chi connectivity index (χ1v) is 11.2. The molecule has 6 nitrogen and oxygen atoms in total. The Morgan fingerprint density at radius 1 is 1.10 bits per heavy atom. The number of nitrogens with zero attached hydrogens (tertiary/aromatic N) is 5. The number of anilines is 1. The monoisotopic (exact) mass is 411 g/mol. The number of hydrogen-bond donors (Lipinski definition) is 0. The number of amides is 1. The van der Waals surface area contributed by atoms with E-state index in [0.29, 0.717) is 24.7 Å². The van der Waals surface area contributed by atoms with Crippen molar-refractivity contribution in [2.75, 3.05) is 31.1 Å². The van der Waals surface area contributed by atoms with E-state index in [2.05, 4.69) is 55.9 Å². The summed E-state index contributed by atoms with van der Waals surface area (Å²) >= 11 is 1.75. The number of carbonyl (C=O) groups is 1. The van der Waals surface area contributed by atoms with Crippen LogP contribution in [0.2, 0.25) is 0 Å². The zero-order valence-corrected chi connectivity index (χ0v) is 18.7. The van der Waals surface area contributed by atoms with Crippen LogP contribution in [0.4, 0.5) is 5.13 Å². The Morgan fingerprint density at radius 2 is 1.83 bits per heavy atom. The summed E-state index contributed by atoms with van der Waals surface area (Å²) < 4.78 is 3.08. The molecule has 1 aromatic carbocycles. The van der Waals surface area contributed by atoms with E-state index < -0.39 is 0 Å². The molecule has 0 spiro atoms. The lowest BCUT2D eigenvalue weighted by Gasteiger charge is -2.34. The number of rotatable bonds is 4. The van der Waals surface area contributed by atoms with Crippen molar-refractivity contribution in [2.45, 2.75) is 46.6 Å². The minimum atomic E-state index is 0.0744. The van der Waals surface area contributed by atoms with Crippen LogP contribution in [0, 0.1) is 6.92 Å². The molecule has 3 aromatic rings. The molecule has 0 N–H and O–H groups in total. The third kappa shape index (κ3) is 3.75. The molecule has 3 heterocycles. The number of fused-ring (bicyclic) bond motifs is 1. The fourth-order valence-corrected chi connectivity index (χ4v) is 4.94. The molecule has 7 heteroatoms. The van der Waals surface area contributed by atoms with Crippen molar-refractivity contribution in [1.82, 2.24) is 19.7 Å². The van der Waals surface area contributed by atoms with Gasteiger partial charge in [-0.2, -0.15) is 5.10 Å². The van der Waals surface area contributed by atoms with E-state index in [0.717, 1.165) is 29.4 Å². The molecule has 1 saturated heterocycles. The van der Waals surface area contributed by atoms with Gasteiger partial charge in [0.05, 0.1) is 15.9 Å². The molecule has 0 atom stereocenters. The Kier molecular flexibility index (Phi) is 5.34. The van der Waals surface area contributed by atoms with Gasteiger partial charge in [-0.1, -0.05) is 37.3 Å². The Labute approximate surface area is 176 Å². The van der Waals surface area contributed by atoms with E-state index in [1.54, 1.807) is 11.3 Å². The van der Waals surface area contributed by atoms with Crippen molar-refractivity contribution in [3.05, 3.63) is 41.2 Å². The minimum Gasteiger partial charge on any atom is -0.345 e. The fraction of sp³-hybridized carbons (Fsp3) is 0.500. The van der Waals surface area contributed by atoms with E-state index >= 15 is 0 Å². The Hall–Kier alpha value is -2.41. The van der Waals surface area contributed by atoms with E-state index in [1.165, 1.54) is 10.3 Å². The van der Waals surface area contributed by atoms with Gasteiger partial charge < -0.3 is 9.80 Å². The van der Waals surface area contributed by atoms with E-state index in [-0.39, 0.29) is 11.9 Å². The number of piperazine rings is 1.